The minimum atomic E-state index is -4.49. The van der Waals surface area contributed by atoms with Gasteiger partial charge in [0, 0.05) is 11.6 Å². The Morgan fingerprint density at radius 2 is 2.00 bits per heavy atom. The summed E-state index contributed by atoms with van der Waals surface area (Å²) >= 11 is 0. The SMILES string of the molecule is OC(Cn1ccc(C(F)(F)F)n1)c1cc2ccccc2o1. The lowest BCUT2D eigenvalue weighted by Crippen LogP contribution is -2.11. The number of aliphatic hydroxyl groups is 1. The van der Waals surface area contributed by atoms with Crippen molar-refractivity contribution in [3.63, 3.8) is 0 Å². The first-order valence-corrected chi connectivity index (χ1v) is 6.21. The van der Waals surface area contributed by atoms with E-state index in [4.69, 9.17) is 4.42 Å². The zero-order valence-electron chi connectivity index (χ0n) is 10.7. The van der Waals surface area contributed by atoms with Crippen molar-refractivity contribution in [1.82, 2.24) is 9.78 Å². The highest BCUT2D eigenvalue weighted by Gasteiger charge is 2.33. The Kier molecular flexibility index (Phi) is 3.21. The van der Waals surface area contributed by atoms with Gasteiger partial charge in [-0.2, -0.15) is 18.3 Å². The molecule has 0 aliphatic carbocycles. The van der Waals surface area contributed by atoms with E-state index in [1.165, 1.54) is 6.20 Å². The highest BCUT2D eigenvalue weighted by molar-refractivity contribution is 5.77. The van der Waals surface area contributed by atoms with E-state index in [-0.39, 0.29) is 6.54 Å². The molecule has 2 heterocycles. The van der Waals surface area contributed by atoms with Crippen LogP contribution in [0.1, 0.15) is 17.6 Å². The molecule has 2 aromatic heterocycles. The van der Waals surface area contributed by atoms with Gasteiger partial charge in [-0.1, -0.05) is 18.2 Å². The molecule has 0 aliphatic rings. The van der Waals surface area contributed by atoms with Gasteiger partial charge in [-0.15, -0.1) is 0 Å². The molecule has 1 N–H and O–H groups in total. The minimum absolute atomic E-state index is 0.115. The van der Waals surface area contributed by atoms with Gasteiger partial charge in [0.15, 0.2) is 5.69 Å². The van der Waals surface area contributed by atoms with Gasteiger partial charge in [-0.25, -0.2) is 0 Å². The maximum atomic E-state index is 12.4. The number of furan rings is 1. The fourth-order valence-electron chi connectivity index (χ4n) is 2.05. The number of hydrogen-bond acceptors (Lipinski definition) is 3. The third-order valence-electron chi connectivity index (χ3n) is 3.06. The predicted molar refractivity (Wildman–Crippen MR) is 68.4 cm³/mol. The summed E-state index contributed by atoms with van der Waals surface area (Å²) in [5.41, 5.74) is -0.373. The molecule has 3 aromatic rings. The van der Waals surface area contributed by atoms with E-state index in [0.717, 1.165) is 16.1 Å². The van der Waals surface area contributed by atoms with E-state index in [9.17, 15) is 18.3 Å². The van der Waals surface area contributed by atoms with Crippen molar-refractivity contribution in [2.75, 3.05) is 0 Å². The summed E-state index contributed by atoms with van der Waals surface area (Å²) < 4.78 is 43.8. The molecular formula is C14H11F3N2O2. The van der Waals surface area contributed by atoms with Crippen LogP contribution in [0.2, 0.25) is 0 Å². The second-order valence-corrected chi connectivity index (χ2v) is 4.62. The predicted octanol–water partition coefficient (Wildman–Crippen LogP) is 3.38. The summed E-state index contributed by atoms with van der Waals surface area (Å²) in [4.78, 5) is 0. The van der Waals surface area contributed by atoms with Crippen molar-refractivity contribution in [1.29, 1.82) is 0 Å². The van der Waals surface area contributed by atoms with Gasteiger partial charge in [-0.05, 0) is 18.2 Å². The number of para-hydroxylation sites is 1. The van der Waals surface area contributed by atoms with E-state index in [1.807, 2.05) is 12.1 Å². The minimum Gasteiger partial charge on any atom is -0.458 e. The monoisotopic (exact) mass is 296 g/mol. The lowest BCUT2D eigenvalue weighted by atomic mass is 10.2. The van der Waals surface area contributed by atoms with Crippen LogP contribution < -0.4 is 0 Å². The maximum Gasteiger partial charge on any atom is 0.435 e. The molecule has 3 rings (SSSR count). The molecule has 0 saturated heterocycles. The molecule has 1 unspecified atom stereocenters. The topological polar surface area (TPSA) is 51.2 Å². The van der Waals surface area contributed by atoms with Crippen molar-refractivity contribution in [2.24, 2.45) is 0 Å². The molecule has 0 bridgehead atoms. The van der Waals surface area contributed by atoms with Gasteiger partial charge < -0.3 is 9.52 Å². The largest absolute Gasteiger partial charge is 0.458 e. The Morgan fingerprint density at radius 1 is 1.24 bits per heavy atom. The molecule has 0 fully saturated rings. The Balaban J connectivity index is 1.79. The Labute approximate surface area is 117 Å². The zero-order valence-corrected chi connectivity index (χ0v) is 10.7. The number of halogens is 3. The van der Waals surface area contributed by atoms with E-state index in [0.29, 0.717) is 11.3 Å². The second kappa shape index (κ2) is 4.92. The second-order valence-electron chi connectivity index (χ2n) is 4.62. The van der Waals surface area contributed by atoms with Crippen LogP contribution in [0.5, 0.6) is 0 Å². The maximum absolute atomic E-state index is 12.4. The molecule has 21 heavy (non-hydrogen) atoms. The molecule has 0 saturated carbocycles. The highest BCUT2D eigenvalue weighted by Crippen LogP contribution is 2.28. The molecule has 0 spiro atoms. The zero-order chi connectivity index (χ0) is 15.0. The summed E-state index contributed by atoms with van der Waals surface area (Å²) in [6.07, 6.45) is -4.39. The number of benzene rings is 1. The van der Waals surface area contributed by atoms with Gasteiger partial charge in [-0.3, -0.25) is 4.68 Å². The molecular weight excluding hydrogens is 285 g/mol. The molecule has 4 nitrogen and oxygen atoms in total. The van der Waals surface area contributed by atoms with Gasteiger partial charge >= 0.3 is 6.18 Å². The molecule has 7 heteroatoms. The molecule has 0 amide bonds. The highest BCUT2D eigenvalue weighted by atomic mass is 19.4. The number of hydrogen-bond donors (Lipinski definition) is 1. The van der Waals surface area contributed by atoms with Crippen LogP contribution in [0.25, 0.3) is 11.0 Å². The quantitative estimate of drug-likeness (QED) is 0.806. The average molecular weight is 296 g/mol. The van der Waals surface area contributed by atoms with Crippen LogP contribution >= 0.6 is 0 Å². The van der Waals surface area contributed by atoms with E-state index < -0.39 is 18.0 Å². The van der Waals surface area contributed by atoms with Gasteiger partial charge in [0.25, 0.3) is 0 Å². The summed E-state index contributed by atoms with van der Waals surface area (Å²) in [6.45, 7) is -0.115. The first-order valence-electron chi connectivity index (χ1n) is 6.21. The molecule has 1 aromatic carbocycles. The number of rotatable bonds is 3. The van der Waals surface area contributed by atoms with E-state index in [2.05, 4.69) is 5.10 Å². The van der Waals surface area contributed by atoms with Crippen LogP contribution in [0.15, 0.2) is 47.0 Å². The molecule has 0 radical (unpaired) electrons. The Bertz CT molecular complexity index is 728. The van der Waals surface area contributed by atoms with Crippen molar-refractivity contribution in [3.05, 3.63) is 54.0 Å². The summed E-state index contributed by atoms with van der Waals surface area (Å²) in [5.74, 6) is 0.292. The number of nitrogens with zero attached hydrogens (tertiary/aromatic N) is 2. The number of fused-ring (bicyclic) bond motifs is 1. The van der Waals surface area contributed by atoms with Crippen molar-refractivity contribution in [2.45, 2.75) is 18.8 Å². The summed E-state index contributed by atoms with van der Waals surface area (Å²) in [6, 6.07) is 9.73. The molecule has 110 valence electrons. The number of alkyl halides is 3. The smallest absolute Gasteiger partial charge is 0.435 e. The van der Waals surface area contributed by atoms with Crippen LogP contribution in [-0.4, -0.2) is 14.9 Å². The molecule has 0 aliphatic heterocycles. The van der Waals surface area contributed by atoms with Crippen LogP contribution in [0.3, 0.4) is 0 Å². The van der Waals surface area contributed by atoms with Crippen molar-refractivity contribution >= 4 is 11.0 Å². The number of aromatic nitrogens is 2. The lowest BCUT2D eigenvalue weighted by Gasteiger charge is -2.07. The fraction of sp³-hybridized carbons (Fsp3) is 0.214. The Hall–Kier alpha value is -2.28. The van der Waals surface area contributed by atoms with Gasteiger partial charge in [0.05, 0.1) is 6.54 Å². The Morgan fingerprint density at radius 3 is 2.67 bits per heavy atom. The first-order chi connectivity index (χ1) is 9.93. The lowest BCUT2D eigenvalue weighted by molar-refractivity contribution is -0.141. The normalized spacial score (nSPS) is 13.7. The molecule has 1 atom stereocenters. The van der Waals surface area contributed by atoms with Crippen molar-refractivity contribution < 1.29 is 22.7 Å². The van der Waals surface area contributed by atoms with E-state index in [1.54, 1.807) is 18.2 Å². The van der Waals surface area contributed by atoms with Crippen LogP contribution in [0, 0.1) is 0 Å². The average Bonchev–Trinajstić information content (AvgIpc) is 3.03. The third kappa shape index (κ3) is 2.78. The van der Waals surface area contributed by atoms with Gasteiger partial charge in [0.2, 0.25) is 0 Å². The van der Waals surface area contributed by atoms with Gasteiger partial charge in [0.1, 0.15) is 17.4 Å². The van der Waals surface area contributed by atoms with Crippen molar-refractivity contribution in [3.8, 4) is 0 Å². The standard InChI is InChI=1S/C14H11F3N2O2/c15-14(16,17)13-5-6-19(18-13)8-10(20)12-7-9-3-1-2-4-11(9)21-12/h1-7,10,20H,8H2. The van der Waals surface area contributed by atoms with E-state index >= 15 is 0 Å². The summed E-state index contributed by atoms with van der Waals surface area (Å²) in [5, 5.41) is 14.3. The first kappa shape index (κ1) is 13.7. The fourth-order valence-corrected chi connectivity index (χ4v) is 2.05. The number of aliphatic hydroxyl groups excluding tert-OH is 1. The summed E-state index contributed by atoms with van der Waals surface area (Å²) in [7, 11) is 0. The van der Waals surface area contributed by atoms with Crippen LogP contribution in [0.4, 0.5) is 13.2 Å². The van der Waals surface area contributed by atoms with Crippen LogP contribution in [-0.2, 0) is 12.7 Å². The third-order valence-corrected chi connectivity index (χ3v) is 3.06.